The first kappa shape index (κ1) is 22.7. The molecule has 164 valence electrons. The van der Waals surface area contributed by atoms with E-state index in [1.54, 1.807) is 0 Å². The van der Waals surface area contributed by atoms with E-state index < -0.39 is 5.37 Å². The molecule has 8 heteroatoms. The molecule has 0 saturated carbocycles. The van der Waals surface area contributed by atoms with Gasteiger partial charge in [0, 0.05) is 19.4 Å². The molecular formula is C23H27N3O4S. The van der Waals surface area contributed by atoms with Crippen LogP contribution in [0.3, 0.4) is 0 Å². The van der Waals surface area contributed by atoms with Crippen molar-refractivity contribution in [1.29, 1.82) is 0 Å². The summed E-state index contributed by atoms with van der Waals surface area (Å²) in [6.45, 7) is 9.63. The normalized spacial score (nSPS) is 15.5. The van der Waals surface area contributed by atoms with Gasteiger partial charge in [-0.2, -0.15) is 0 Å². The Bertz CT molecular complexity index is 1000. The summed E-state index contributed by atoms with van der Waals surface area (Å²) >= 11 is 1.30. The van der Waals surface area contributed by atoms with E-state index in [4.69, 9.17) is 9.47 Å². The summed E-state index contributed by atoms with van der Waals surface area (Å²) in [5.74, 6) is 1.01. The number of rotatable bonds is 6. The van der Waals surface area contributed by atoms with Crippen LogP contribution in [0.1, 0.15) is 41.5 Å². The van der Waals surface area contributed by atoms with Crippen molar-refractivity contribution in [1.82, 2.24) is 10.3 Å². The fraction of sp³-hybridized carbons (Fsp3) is 0.348. The topological polar surface area (TPSA) is 80.2 Å². The maximum absolute atomic E-state index is 12.2. The summed E-state index contributed by atoms with van der Waals surface area (Å²) in [5.41, 5.74) is 4.14. The molecule has 1 aliphatic rings. The number of nitrogens with one attached hydrogen (secondary N) is 1. The molecule has 1 heterocycles. The van der Waals surface area contributed by atoms with E-state index in [-0.39, 0.29) is 11.8 Å². The molecule has 0 unspecified atom stereocenters. The van der Waals surface area contributed by atoms with Crippen molar-refractivity contribution in [3.05, 3.63) is 58.7 Å². The lowest BCUT2D eigenvalue weighted by Crippen LogP contribution is -2.25. The van der Waals surface area contributed by atoms with Crippen molar-refractivity contribution in [3.63, 3.8) is 0 Å². The van der Waals surface area contributed by atoms with E-state index in [0.717, 1.165) is 28.0 Å². The molecule has 0 radical (unpaired) electrons. The van der Waals surface area contributed by atoms with Crippen molar-refractivity contribution in [2.24, 2.45) is 5.10 Å². The number of amides is 2. The van der Waals surface area contributed by atoms with Gasteiger partial charge in [0.1, 0.15) is 30.1 Å². The van der Waals surface area contributed by atoms with Gasteiger partial charge < -0.3 is 14.8 Å². The number of carbonyl (C=O) groups is 2. The van der Waals surface area contributed by atoms with Crippen LogP contribution < -0.4 is 14.8 Å². The summed E-state index contributed by atoms with van der Waals surface area (Å²) in [6, 6.07) is 11.9. The second kappa shape index (κ2) is 9.87. The van der Waals surface area contributed by atoms with Crippen LogP contribution in [0.25, 0.3) is 0 Å². The quantitative estimate of drug-likeness (QED) is 0.684. The fourth-order valence-corrected chi connectivity index (χ4v) is 4.44. The van der Waals surface area contributed by atoms with Crippen molar-refractivity contribution in [2.75, 3.05) is 13.2 Å². The lowest BCUT2D eigenvalue weighted by Gasteiger charge is -2.22. The number of aryl methyl sites for hydroxylation is 3. The van der Waals surface area contributed by atoms with Crippen LogP contribution in [0, 0.1) is 20.8 Å². The molecule has 0 bridgehead atoms. The minimum absolute atomic E-state index is 0.219. The van der Waals surface area contributed by atoms with E-state index in [1.807, 2.05) is 51.1 Å². The highest BCUT2D eigenvalue weighted by molar-refractivity contribution is 8.14. The Morgan fingerprint density at radius 2 is 1.68 bits per heavy atom. The second-order valence-electron chi connectivity index (χ2n) is 7.48. The van der Waals surface area contributed by atoms with Gasteiger partial charge in [0.25, 0.3) is 0 Å². The van der Waals surface area contributed by atoms with Gasteiger partial charge in [-0.25, -0.2) is 5.01 Å². The first-order valence-electron chi connectivity index (χ1n) is 10.00. The highest BCUT2D eigenvalue weighted by Gasteiger charge is 2.34. The summed E-state index contributed by atoms with van der Waals surface area (Å²) in [7, 11) is 0. The minimum Gasteiger partial charge on any atom is -0.490 e. The standard InChI is InChI=1S/C23H27N3O4S/c1-14-6-7-21(30-9-8-29-19-11-15(2)10-16(3)12-19)20(13-14)22-26(18(5)28)25-23(31-22)24-17(4)27/h6-7,10-13,22H,8-9H2,1-5H3,(H,24,25,27)/t22-/m1/s1. The van der Waals surface area contributed by atoms with Crippen LogP contribution in [0.15, 0.2) is 41.5 Å². The van der Waals surface area contributed by atoms with Gasteiger partial charge in [0.2, 0.25) is 11.8 Å². The van der Waals surface area contributed by atoms with Crippen LogP contribution in [-0.2, 0) is 9.59 Å². The molecular weight excluding hydrogens is 414 g/mol. The van der Waals surface area contributed by atoms with E-state index in [0.29, 0.717) is 24.1 Å². The Kier molecular flexibility index (Phi) is 7.22. The Morgan fingerprint density at radius 3 is 2.32 bits per heavy atom. The van der Waals surface area contributed by atoms with Crippen molar-refractivity contribution in [2.45, 2.75) is 40.0 Å². The predicted molar refractivity (Wildman–Crippen MR) is 122 cm³/mol. The highest BCUT2D eigenvalue weighted by Crippen LogP contribution is 2.42. The molecule has 1 atom stereocenters. The molecule has 31 heavy (non-hydrogen) atoms. The number of hydrogen-bond acceptors (Lipinski definition) is 6. The molecule has 3 rings (SSSR count). The van der Waals surface area contributed by atoms with E-state index in [9.17, 15) is 9.59 Å². The first-order chi connectivity index (χ1) is 14.7. The number of ether oxygens (including phenoxy) is 2. The molecule has 0 saturated heterocycles. The molecule has 2 aromatic rings. The molecule has 0 aliphatic carbocycles. The smallest absolute Gasteiger partial charge is 0.241 e. The Morgan fingerprint density at radius 1 is 1.00 bits per heavy atom. The lowest BCUT2D eigenvalue weighted by atomic mass is 10.1. The molecule has 2 aromatic carbocycles. The largest absolute Gasteiger partial charge is 0.490 e. The lowest BCUT2D eigenvalue weighted by molar-refractivity contribution is -0.129. The zero-order chi connectivity index (χ0) is 22.5. The predicted octanol–water partition coefficient (Wildman–Crippen LogP) is 4.07. The molecule has 0 aromatic heterocycles. The number of benzene rings is 2. The van der Waals surface area contributed by atoms with Gasteiger partial charge >= 0.3 is 0 Å². The molecule has 1 N–H and O–H groups in total. The van der Waals surface area contributed by atoms with Crippen LogP contribution in [0.4, 0.5) is 0 Å². The van der Waals surface area contributed by atoms with Gasteiger partial charge in [0.15, 0.2) is 5.17 Å². The van der Waals surface area contributed by atoms with Crippen molar-refractivity contribution in [3.8, 4) is 11.5 Å². The molecule has 0 spiro atoms. The Balaban J connectivity index is 1.71. The van der Waals surface area contributed by atoms with Gasteiger partial charge in [-0.15, -0.1) is 5.10 Å². The fourth-order valence-electron chi connectivity index (χ4n) is 3.29. The average molecular weight is 442 g/mol. The maximum atomic E-state index is 12.2. The SMILES string of the molecule is CC(=O)NC1=NN(C(C)=O)[C@@H](c2cc(C)ccc2OCCOc2cc(C)cc(C)c2)S1. The summed E-state index contributed by atoms with van der Waals surface area (Å²) < 4.78 is 11.9. The second-order valence-corrected chi connectivity index (χ2v) is 8.55. The van der Waals surface area contributed by atoms with Crippen LogP contribution in [0.5, 0.6) is 11.5 Å². The van der Waals surface area contributed by atoms with Crippen molar-refractivity contribution >= 4 is 28.7 Å². The van der Waals surface area contributed by atoms with Gasteiger partial charge in [-0.3, -0.25) is 9.59 Å². The first-order valence-corrected chi connectivity index (χ1v) is 10.9. The Labute approximate surface area is 186 Å². The van der Waals surface area contributed by atoms with Gasteiger partial charge in [-0.05, 0) is 56.2 Å². The van der Waals surface area contributed by atoms with Gasteiger partial charge in [0.05, 0.1) is 0 Å². The summed E-state index contributed by atoms with van der Waals surface area (Å²) in [6.07, 6.45) is 0. The van der Waals surface area contributed by atoms with Crippen molar-refractivity contribution < 1.29 is 19.1 Å². The third kappa shape index (κ3) is 6.01. The minimum atomic E-state index is -0.422. The third-order valence-corrected chi connectivity index (χ3v) is 5.57. The number of thioether (sulfide) groups is 1. The van der Waals surface area contributed by atoms with E-state index in [2.05, 4.69) is 16.5 Å². The number of nitrogens with zero attached hydrogens (tertiary/aromatic N) is 2. The van der Waals surface area contributed by atoms with E-state index >= 15 is 0 Å². The monoisotopic (exact) mass is 441 g/mol. The summed E-state index contributed by atoms with van der Waals surface area (Å²) in [4.78, 5) is 23.6. The summed E-state index contributed by atoms with van der Waals surface area (Å²) in [5, 5.41) is 8.25. The zero-order valence-electron chi connectivity index (χ0n) is 18.4. The third-order valence-electron chi connectivity index (χ3n) is 4.49. The number of carbonyl (C=O) groups excluding carboxylic acids is 2. The molecule has 2 amide bonds. The van der Waals surface area contributed by atoms with Crippen LogP contribution >= 0.6 is 11.8 Å². The number of hydrazone groups is 1. The number of amidine groups is 1. The Hall–Kier alpha value is -3.00. The highest BCUT2D eigenvalue weighted by atomic mass is 32.2. The van der Waals surface area contributed by atoms with E-state index in [1.165, 1.54) is 30.6 Å². The maximum Gasteiger partial charge on any atom is 0.241 e. The van der Waals surface area contributed by atoms with Gasteiger partial charge in [-0.1, -0.05) is 29.5 Å². The molecule has 7 nitrogen and oxygen atoms in total. The van der Waals surface area contributed by atoms with Crippen LogP contribution in [0.2, 0.25) is 0 Å². The zero-order valence-corrected chi connectivity index (χ0v) is 19.2. The molecule has 1 aliphatic heterocycles. The average Bonchev–Trinajstić information content (AvgIpc) is 3.08. The van der Waals surface area contributed by atoms with Crippen LogP contribution in [-0.4, -0.2) is 35.2 Å². The molecule has 0 fully saturated rings. The number of hydrogen-bond donors (Lipinski definition) is 1.